The molecule has 2 aromatic rings. The van der Waals surface area contributed by atoms with Gasteiger partial charge in [0.25, 0.3) is 11.8 Å². The lowest BCUT2D eigenvalue weighted by molar-refractivity contribution is -0.132. The molecule has 0 saturated carbocycles. The standard InChI is InChI=1S/C23H24N2O4/c1-2-29-17-11-9-16(10-12-17)20-8-5-14-24(20)21(26)13-15-25-22(27)18-6-3-4-7-19(18)23(25)28/h3-4,6-7,9-12,20H,2,5,8,13-15H2,1H3. The average Bonchev–Trinajstić information content (AvgIpc) is 3.32. The van der Waals surface area contributed by atoms with Crippen LogP contribution < -0.4 is 4.74 Å². The van der Waals surface area contributed by atoms with Gasteiger partial charge < -0.3 is 9.64 Å². The van der Waals surface area contributed by atoms with Crippen LogP contribution in [0.3, 0.4) is 0 Å². The number of nitrogens with zero attached hydrogens (tertiary/aromatic N) is 2. The van der Waals surface area contributed by atoms with Crippen molar-refractivity contribution in [1.29, 1.82) is 0 Å². The minimum atomic E-state index is -0.317. The van der Waals surface area contributed by atoms with Gasteiger partial charge in [-0.2, -0.15) is 0 Å². The van der Waals surface area contributed by atoms with E-state index in [0.717, 1.165) is 24.2 Å². The third-order valence-corrected chi connectivity index (χ3v) is 5.58. The maximum Gasteiger partial charge on any atom is 0.261 e. The fourth-order valence-corrected chi connectivity index (χ4v) is 4.16. The monoisotopic (exact) mass is 392 g/mol. The molecule has 6 nitrogen and oxygen atoms in total. The number of carbonyl (C=O) groups is 3. The van der Waals surface area contributed by atoms with Crippen molar-refractivity contribution in [2.45, 2.75) is 32.2 Å². The quantitative estimate of drug-likeness (QED) is 0.707. The summed E-state index contributed by atoms with van der Waals surface area (Å²) >= 11 is 0. The lowest BCUT2D eigenvalue weighted by Crippen LogP contribution is -2.36. The van der Waals surface area contributed by atoms with E-state index in [2.05, 4.69) is 0 Å². The second kappa shape index (κ2) is 8.07. The van der Waals surface area contributed by atoms with Crippen molar-refractivity contribution >= 4 is 17.7 Å². The van der Waals surface area contributed by atoms with Gasteiger partial charge in [-0.1, -0.05) is 24.3 Å². The van der Waals surface area contributed by atoms with Crippen molar-refractivity contribution in [2.75, 3.05) is 19.7 Å². The molecular formula is C23H24N2O4. The van der Waals surface area contributed by atoms with Crippen LogP contribution in [0.1, 0.15) is 58.5 Å². The first kappa shape index (κ1) is 19.2. The Labute approximate surface area is 170 Å². The number of ether oxygens (including phenoxy) is 1. The van der Waals surface area contributed by atoms with Gasteiger partial charge in [0.15, 0.2) is 0 Å². The number of hydrogen-bond acceptors (Lipinski definition) is 4. The van der Waals surface area contributed by atoms with E-state index in [9.17, 15) is 14.4 Å². The Balaban J connectivity index is 1.41. The third kappa shape index (κ3) is 3.62. The van der Waals surface area contributed by atoms with Crippen LogP contribution in [0.15, 0.2) is 48.5 Å². The highest BCUT2D eigenvalue weighted by atomic mass is 16.5. The van der Waals surface area contributed by atoms with E-state index >= 15 is 0 Å². The molecule has 4 rings (SSSR count). The van der Waals surface area contributed by atoms with E-state index in [0.29, 0.717) is 24.3 Å². The van der Waals surface area contributed by atoms with Gasteiger partial charge in [0.05, 0.1) is 23.8 Å². The zero-order valence-electron chi connectivity index (χ0n) is 16.5. The Morgan fingerprint density at radius 2 is 1.69 bits per heavy atom. The van der Waals surface area contributed by atoms with Gasteiger partial charge in [-0.3, -0.25) is 19.3 Å². The summed E-state index contributed by atoms with van der Waals surface area (Å²) in [5.41, 5.74) is 1.91. The topological polar surface area (TPSA) is 66.9 Å². The summed E-state index contributed by atoms with van der Waals surface area (Å²) in [6.45, 7) is 3.36. The molecule has 1 atom stereocenters. The van der Waals surface area contributed by atoms with Gasteiger partial charge in [-0.05, 0) is 49.6 Å². The van der Waals surface area contributed by atoms with E-state index in [4.69, 9.17) is 4.74 Å². The van der Waals surface area contributed by atoms with Crippen molar-refractivity contribution in [2.24, 2.45) is 0 Å². The SMILES string of the molecule is CCOc1ccc(C2CCCN2C(=O)CCN2C(=O)c3ccccc3C2=O)cc1. The molecular weight excluding hydrogens is 368 g/mol. The Hall–Kier alpha value is -3.15. The Kier molecular flexibility index (Phi) is 5.34. The molecule has 29 heavy (non-hydrogen) atoms. The summed E-state index contributed by atoms with van der Waals surface area (Å²) in [5.74, 6) is 0.154. The van der Waals surface area contributed by atoms with Crippen LogP contribution in [0.2, 0.25) is 0 Å². The fraction of sp³-hybridized carbons (Fsp3) is 0.348. The number of benzene rings is 2. The van der Waals surface area contributed by atoms with E-state index in [1.165, 1.54) is 4.90 Å². The molecule has 1 saturated heterocycles. The first-order valence-electron chi connectivity index (χ1n) is 10.1. The zero-order chi connectivity index (χ0) is 20.4. The van der Waals surface area contributed by atoms with Gasteiger partial charge in [0, 0.05) is 19.5 Å². The summed E-state index contributed by atoms with van der Waals surface area (Å²) < 4.78 is 5.49. The lowest BCUT2D eigenvalue weighted by Gasteiger charge is -2.26. The van der Waals surface area contributed by atoms with Crippen molar-refractivity contribution in [1.82, 2.24) is 9.80 Å². The number of likely N-dealkylation sites (tertiary alicyclic amines) is 1. The lowest BCUT2D eigenvalue weighted by atomic mass is 10.0. The van der Waals surface area contributed by atoms with Gasteiger partial charge in [0.2, 0.25) is 5.91 Å². The molecule has 2 heterocycles. The highest BCUT2D eigenvalue weighted by Crippen LogP contribution is 2.33. The van der Waals surface area contributed by atoms with Crippen molar-refractivity contribution in [3.63, 3.8) is 0 Å². The molecule has 0 aliphatic carbocycles. The van der Waals surface area contributed by atoms with E-state index < -0.39 is 0 Å². The van der Waals surface area contributed by atoms with Crippen molar-refractivity contribution in [3.05, 3.63) is 65.2 Å². The van der Waals surface area contributed by atoms with Crippen molar-refractivity contribution in [3.8, 4) is 5.75 Å². The van der Waals surface area contributed by atoms with Crippen LogP contribution in [0.25, 0.3) is 0 Å². The number of carbonyl (C=O) groups excluding carboxylic acids is 3. The van der Waals surface area contributed by atoms with Crippen LogP contribution in [-0.2, 0) is 4.79 Å². The number of hydrogen-bond donors (Lipinski definition) is 0. The van der Waals surface area contributed by atoms with Crippen LogP contribution >= 0.6 is 0 Å². The maximum absolute atomic E-state index is 12.9. The molecule has 1 unspecified atom stereocenters. The molecule has 0 radical (unpaired) electrons. The number of rotatable bonds is 6. The Morgan fingerprint density at radius 1 is 1.03 bits per heavy atom. The smallest absolute Gasteiger partial charge is 0.261 e. The number of imide groups is 1. The van der Waals surface area contributed by atoms with Crippen LogP contribution in [0.5, 0.6) is 5.75 Å². The summed E-state index contributed by atoms with van der Waals surface area (Å²) in [5, 5.41) is 0. The molecule has 6 heteroatoms. The van der Waals surface area contributed by atoms with Gasteiger partial charge >= 0.3 is 0 Å². The van der Waals surface area contributed by atoms with Crippen LogP contribution in [-0.4, -0.2) is 47.2 Å². The Morgan fingerprint density at radius 3 is 2.31 bits per heavy atom. The van der Waals surface area contributed by atoms with Gasteiger partial charge in [0.1, 0.15) is 5.75 Å². The molecule has 0 bridgehead atoms. The number of amides is 3. The zero-order valence-corrected chi connectivity index (χ0v) is 16.5. The van der Waals surface area contributed by atoms with Crippen molar-refractivity contribution < 1.29 is 19.1 Å². The second-order valence-electron chi connectivity index (χ2n) is 7.30. The molecule has 2 aliphatic rings. The van der Waals surface area contributed by atoms with E-state index in [1.807, 2.05) is 36.1 Å². The summed E-state index contributed by atoms with van der Waals surface area (Å²) in [6.07, 6.45) is 1.99. The average molecular weight is 392 g/mol. The van der Waals surface area contributed by atoms with Gasteiger partial charge in [-0.25, -0.2) is 0 Å². The third-order valence-electron chi connectivity index (χ3n) is 5.58. The molecule has 3 amide bonds. The largest absolute Gasteiger partial charge is 0.494 e. The first-order valence-corrected chi connectivity index (χ1v) is 10.1. The van der Waals surface area contributed by atoms with E-state index in [-0.39, 0.29) is 36.7 Å². The molecule has 1 fully saturated rings. The highest BCUT2D eigenvalue weighted by Gasteiger charge is 2.36. The van der Waals surface area contributed by atoms with Crippen LogP contribution in [0.4, 0.5) is 0 Å². The summed E-state index contributed by atoms with van der Waals surface area (Å²) in [4.78, 5) is 40.9. The van der Waals surface area contributed by atoms with E-state index in [1.54, 1.807) is 24.3 Å². The predicted octanol–water partition coefficient (Wildman–Crippen LogP) is 3.44. The minimum absolute atomic E-state index is 0.0281. The predicted molar refractivity (Wildman–Crippen MR) is 108 cm³/mol. The normalized spacial score (nSPS) is 18.3. The molecule has 2 aromatic carbocycles. The van der Waals surface area contributed by atoms with Crippen LogP contribution in [0, 0.1) is 0 Å². The Bertz CT molecular complexity index is 903. The molecule has 0 aromatic heterocycles. The summed E-state index contributed by atoms with van der Waals surface area (Å²) in [6, 6.07) is 14.7. The van der Waals surface area contributed by atoms with Gasteiger partial charge in [-0.15, -0.1) is 0 Å². The summed E-state index contributed by atoms with van der Waals surface area (Å²) in [7, 11) is 0. The first-order chi connectivity index (χ1) is 14.1. The number of fused-ring (bicyclic) bond motifs is 1. The minimum Gasteiger partial charge on any atom is -0.494 e. The molecule has 2 aliphatic heterocycles. The maximum atomic E-state index is 12.9. The fourth-order valence-electron chi connectivity index (χ4n) is 4.16. The molecule has 0 N–H and O–H groups in total. The molecule has 150 valence electrons. The highest BCUT2D eigenvalue weighted by molar-refractivity contribution is 6.21. The second-order valence-corrected chi connectivity index (χ2v) is 7.30. The molecule has 0 spiro atoms.